The van der Waals surface area contributed by atoms with Crippen molar-refractivity contribution in [1.29, 1.82) is 0 Å². The zero-order valence-electron chi connectivity index (χ0n) is 19.2. The fourth-order valence-electron chi connectivity index (χ4n) is 5.36. The molecule has 5 rings (SSSR count). The van der Waals surface area contributed by atoms with Crippen LogP contribution in [-0.4, -0.2) is 35.7 Å². The minimum Gasteiger partial charge on any atom is -0.478 e. The van der Waals surface area contributed by atoms with E-state index in [1.807, 2.05) is 0 Å². The standard InChI is InChI=1S/C28H31N3O2/c1-19-16-23(31-14-2-3-15-31)6-8-24(19)20-4-7-25-21(17-20)10-13-30-27(25)9-5-22-18-29-12-11-26(22)28(32)33/h4,6-8,11-12,16-18,27,30H,2-3,5,9-10,13-15H2,1H3,(H,32,33)/t27-/m0/s1. The van der Waals surface area contributed by atoms with E-state index in [2.05, 4.69) is 58.5 Å². The Labute approximate surface area is 195 Å². The molecule has 1 aromatic heterocycles. The van der Waals surface area contributed by atoms with Crippen molar-refractivity contribution in [2.75, 3.05) is 24.5 Å². The van der Waals surface area contributed by atoms with Gasteiger partial charge in [-0.15, -0.1) is 0 Å². The number of hydrogen-bond acceptors (Lipinski definition) is 4. The summed E-state index contributed by atoms with van der Waals surface area (Å²) < 4.78 is 0. The second-order valence-electron chi connectivity index (χ2n) is 9.24. The second kappa shape index (κ2) is 9.36. The first-order valence-corrected chi connectivity index (χ1v) is 12.0. The van der Waals surface area contributed by atoms with E-state index in [1.54, 1.807) is 18.5 Å². The predicted molar refractivity (Wildman–Crippen MR) is 132 cm³/mol. The first-order chi connectivity index (χ1) is 16.1. The Bertz CT molecular complexity index is 1170. The number of carbonyl (C=O) groups is 1. The van der Waals surface area contributed by atoms with Crippen LogP contribution in [0.5, 0.6) is 0 Å². The van der Waals surface area contributed by atoms with Gasteiger partial charge in [-0.1, -0.05) is 24.3 Å². The van der Waals surface area contributed by atoms with Gasteiger partial charge in [0.2, 0.25) is 0 Å². The maximum Gasteiger partial charge on any atom is 0.336 e. The Balaban J connectivity index is 1.35. The molecule has 33 heavy (non-hydrogen) atoms. The van der Waals surface area contributed by atoms with Crippen LogP contribution in [-0.2, 0) is 12.8 Å². The summed E-state index contributed by atoms with van der Waals surface area (Å²) >= 11 is 0. The van der Waals surface area contributed by atoms with Gasteiger partial charge in [0.1, 0.15) is 0 Å². The van der Waals surface area contributed by atoms with Gasteiger partial charge in [-0.3, -0.25) is 4.98 Å². The van der Waals surface area contributed by atoms with Crippen LogP contribution in [0.2, 0.25) is 0 Å². The smallest absolute Gasteiger partial charge is 0.336 e. The van der Waals surface area contributed by atoms with Gasteiger partial charge in [0.25, 0.3) is 0 Å². The number of aromatic nitrogens is 1. The van der Waals surface area contributed by atoms with E-state index in [-0.39, 0.29) is 6.04 Å². The third-order valence-electron chi connectivity index (χ3n) is 7.13. The number of carboxylic acid groups (broad SMARTS) is 1. The van der Waals surface area contributed by atoms with Gasteiger partial charge in [-0.05, 0) is 97.2 Å². The first-order valence-electron chi connectivity index (χ1n) is 12.0. The van der Waals surface area contributed by atoms with Crippen molar-refractivity contribution >= 4 is 11.7 Å². The molecule has 0 amide bonds. The van der Waals surface area contributed by atoms with Crippen LogP contribution in [0.25, 0.3) is 11.1 Å². The summed E-state index contributed by atoms with van der Waals surface area (Å²) in [5, 5.41) is 13.1. The SMILES string of the molecule is Cc1cc(N2CCCC2)ccc1-c1ccc2c(c1)CCN[C@H]2CCc1cnccc1C(=O)O. The van der Waals surface area contributed by atoms with Crippen LogP contribution in [0.3, 0.4) is 0 Å². The number of anilines is 1. The molecule has 0 saturated carbocycles. The fraction of sp³-hybridized carbons (Fsp3) is 0.357. The molecule has 5 heteroatoms. The maximum absolute atomic E-state index is 11.5. The Morgan fingerprint density at radius 2 is 2.00 bits per heavy atom. The second-order valence-corrected chi connectivity index (χ2v) is 9.24. The van der Waals surface area contributed by atoms with E-state index in [1.165, 1.54) is 59.4 Å². The normalized spacial score (nSPS) is 17.7. The number of benzene rings is 2. The highest BCUT2D eigenvalue weighted by Gasteiger charge is 2.21. The molecular weight excluding hydrogens is 410 g/mol. The zero-order chi connectivity index (χ0) is 22.8. The zero-order valence-corrected chi connectivity index (χ0v) is 19.2. The number of carboxylic acids is 1. The average Bonchev–Trinajstić information content (AvgIpc) is 3.37. The summed E-state index contributed by atoms with van der Waals surface area (Å²) in [5.41, 5.74) is 9.11. The van der Waals surface area contributed by atoms with Crippen LogP contribution in [0.4, 0.5) is 5.69 Å². The third kappa shape index (κ3) is 4.51. The molecule has 1 atom stereocenters. The van der Waals surface area contributed by atoms with Gasteiger partial charge in [-0.2, -0.15) is 0 Å². The lowest BCUT2D eigenvalue weighted by atomic mass is 9.87. The summed E-state index contributed by atoms with van der Waals surface area (Å²) in [6.45, 7) is 5.48. The summed E-state index contributed by atoms with van der Waals surface area (Å²) in [6, 6.07) is 15.5. The lowest BCUT2D eigenvalue weighted by molar-refractivity contribution is 0.0695. The summed E-state index contributed by atoms with van der Waals surface area (Å²) in [7, 11) is 0. The first kappa shape index (κ1) is 21.7. The van der Waals surface area contributed by atoms with Crippen molar-refractivity contribution < 1.29 is 9.90 Å². The van der Waals surface area contributed by atoms with E-state index >= 15 is 0 Å². The molecule has 1 saturated heterocycles. The summed E-state index contributed by atoms with van der Waals surface area (Å²) in [6.07, 6.45) is 8.36. The number of aryl methyl sites for hydroxylation is 2. The van der Waals surface area contributed by atoms with Crippen molar-refractivity contribution in [3.63, 3.8) is 0 Å². The minimum atomic E-state index is -0.889. The molecule has 2 aliphatic heterocycles. The van der Waals surface area contributed by atoms with Gasteiger partial charge in [0.15, 0.2) is 0 Å². The highest BCUT2D eigenvalue weighted by Crippen LogP contribution is 2.34. The number of fused-ring (bicyclic) bond motifs is 1. The van der Waals surface area contributed by atoms with Crippen molar-refractivity contribution in [3.8, 4) is 11.1 Å². The monoisotopic (exact) mass is 441 g/mol. The molecule has 1 fully saturated rings. The molecule has 0 aliphatic carbocycles. The topological polar surface area (TPSA) is 65.5 Å². The molecule has 5 nitrogen and oxygen atoms in total. The number of nitrogens with zero attached hydrogens (tertiary/aromatic N) is 2. The average molecular weight is 442 g/mol. The van der Waals surface area contributed by atoms with Gasteiger partial charge in [0.05, 0.1) is 5.56 Å². The highest BCUT2D eigenvalue weighted by molar-refractivity contribution is 5.89. The van der Waals surface area contributed by atoms with Crippen LogP contribution >= 0.6 is 0 Å². The van der Waals surface area contributed by atoms with Crippen molar-refractivity contribution in [1.82, 2.24) is 10.3 Å². The van der Waals surface area contributed by atoms with E-state index in [0.29, 0.717) is 12.0 Å². The molecule has 170 valence electrons. The summed E-state index contributed by atoms with van der Waals surface area (Å²) in [4.78, 5) is 18.1. The van der Waals surface area contributed by atoms with Crippen molar-refractivity contribution in [2.45, 2.75) is 45.1 Å². The maximum atomic E-state index is 11.5. The van der Waals surface area contributed by atoms with E-state index < -0.39 is 5.97 Å². The largest absolute Gasteiger partial charge is 0.478 e. The van der Waals surface area contributed by atoms with Gasteiger partial charge in [-0.25, -0.2) is 4.79 Å². The van der Waals surface area contributed by atoms with Crippen molar-refractivity contribution in [3.05, 3.63) is 82.7 Å². The van der Waals surface area contributed by atoms with Crippen molar-refractivity contribution in [2.24, 2.45) is 0 Å². The Kier molecular flexibility index (Phi) is 6.14. The van der Waals surface area contributed by atoms with E-state index in [9.17, 15) is 9.90 Å². The number of pyridine rings is 1. The Morgan fingerprint density at radius 3 is 2.79 bits per heavy atom. The molecule has 0 bridgehead atoms. The minimum absolute atomic E-state index is 0.225. The lowest BCUT2D eigenvalue weighted by Gasteiger charge is -2.28. The van der Waals surface area contributed by atoms with Crippen LogP contribution < -0.4 is 10.2 Å². The number of rotatable bonds is 6. The van der Waals surface area contributed by atoms with E-state index in [0.717, 1.165) is 24.9 Å². The fourth-order valence-corrected chi connectivity index (χ4v) is 5.36. The highest BCUT2D eigenvalue weighted by atomic mass is 16.4. The number of nitrogens with one attached hydrogen (secondary N) is 1. The lowest BCUT2D eigenvalue weighted by Crippen LogP contribution is -2.30. The third-order valence-corrected chi connectivity index (χ3v) is 7.13. The van der Waals surface area contributed by atoms with E-state index in [4.69, 9.17) is 0 Å². The molecule has 0 spiro atoms. The molecule has 3 heterocycles. The number of hydrogen-bond donors (Lipinski definition) is 2. The molecule has 2 N–H and O–H groups in total. The predicted octanol–water partition coefficient (Wildman–Crippen LogP) is 5.18. The molecular formula is C28H31N3O2. The van der Waals surface area contributed by atoms with Gasteiger partial charge >= 0.3 is 5.97 Å². The molecule has 3 aromatic rings. The van der Waals surface area contributed by atoms with Gasteiger partial charge in [0, 0.05) is 37.2 Å². The van der Waals surface area contributed by atoms with Gasteiger partial charge < -0.3 is 15.3 Å². The molecule has 0 radical (unpaired) electrons. The Hall–Kier alpha value is -3.18. The van der Waals surface area contributed by atoms with Crippen LogP contribution in [0.15, 0.2) is 54.9 Å². The molecule has 2 aliphatic rings. The molecule has 2 aromatic carbocycles. The number of aromatic carboxylic acids is 1. The summed E-state index contributed by atoms with van der Waals surface area (Å²) in [5.74, 6) is -0.889. The quantitative estimate of drug-likeness (QED) is 0.552. The van der Waals surface area contributed by atoms with Crippen LogP contribution in [0.1, 0.15) is 57.9 Å². The molecule has 0 unspecified atom stereocenters. The van der Waals surface area contributed by atoms with Crippen LogP contribution in [0, 0.1) is 6.92 Å². The Morgan fingerprint density at radius 1 is 1.15 bits per heavy atom.